The molecule has 0 spiro atoms. The van der Waals surface area contributed by atoms with Crippen LogP contribution in [0.5, 0.6) is 0 Å². The number of nitrogens with one attached hydrogen (secondary N) is 1. The minimum atomic E-state index is 0.499. The molecule has 0 bridgehead atoms. The second kappa shape index (κ2) is 9.12. The Morgan fingerprint density at radius 2 is 1.76 bits per heavy atom. The van der Waals surface area contributed by atoms with Crippen molar-refractivity contribution >= 4 is 0 Å². The van der Waals surface area contributed by atoms with Gasteiger partial charge >= 0.3 is 0 Å². The Balaban J connectivity index is 2.74. The van der Waals surface area contributed by atoms with Crippen LogP contribution in [-0.2, 0) is 0 Å². The summed E-state index contributed by atoms with van der Waals surface area (Å²) in [6, 6.07) is 1.40. The van der Waals surface area contributed by atoms with Crippen LogP contribution in [0.4, 0.5) is 0 Å². The molecule has 1 fully saturated rings. The molecular weight excluding hydrogens is 258 g/mol. The van der Waals surface area contributed by atoms with E-state index < -0.39 is 0 Å². The van der Waals surface area contributed by atoms with Crippen molar-refractivity contribution in [2.75, 3.05) is 40.3 Å². The number of hydrogen-bond acceptors (Lipinski definition) is 3. The summed E-state index contributed by atoms with van der Waals surface area (Å²) in [6.45, 7) is 14.2. The molecule has 2 unspecified atom stereocenters. The van der Waals surface area contributed by atoms with Crippen molar-refractivity contribution in [3.63, 3.8) is 0 Å². The summed E-state index contributed by atoms with van der Waals surface area (Å²) in [5, 5.41) is 3.83. The molecule has 1 rings (SSSR count). The van der Waals surface area contributed by atoms with Crippen LogP contribution in [0.1, 0.15) is 59.8 Å². The number of likely N-dealkylation sites (N-methyl/N-ethyl adjacent to an activating group) is 1. The van der Waals surface area contributed by atoms with Crippen LogP contribution in [0.2, 0.25) is 0 Å². The van der Waals surface area contributed by atoms with Crippen LogP contribution in [0.25, 0.3) is 0 Å². The van der Waals surface area contributed by atoms with Crippen LogP contribution in [0.15, 0.2) is 0 Å². The third-order valence-corrected chi connectivity index (χ3v) is 4.83. The number of nitrogens with zero attached hydrogens (tertiary/aromatic N) is 2. The summed E-state index contributed by atoms with van der Waals surface area (Å²) in [6.07, 6.45) is 6.52. The molecule has 0 heterocycles. The van der Waals surface area contributed by atoms with Crippen molar-refractivity contribution in [1.29, 1.82) is 0 Å². The molecule has 0 amide bonds. The molecule has 0 radical (unpaired) electrons. The second-order valence-corrected chi connectivity index (χ2v) is 7.87. The first-order chi connectivity index (χ1) is 9.89. The zero-order valence-corrected chi connectivity index (χ0v) is 15.4. The molecule has 1 aliphatic rings. The van der Waals surface area contributed by atoms with Gasteiger partial charge in [0.25, 0.3) is 0 Å². The third-order valence-electron chi connectivity index (χ3n) is 4.83. The first kappa shape index (κ1) is 18.9. The topological polar surface area (TPSA) is 18.5 Å². The average Bonchev–Trinajstić information content (AvgIpc) is 2.41. The molecular formula is C18H39N3. The van der Waals surface area contributed by atoms with E-state index in [1.54, 1.807) is 0 Å². The van der Waals surface area contributed by atoms with E-state index in [0.29, 0.717) is 17.5 Å². The fourth-order valence-corrected chi connectivity index (χ4v) is 3.56. The van der Waals surface area contributed by atoms with Crippen molar-refractivity contribution in [3.05, 3.63) is 0 Å². The Hall–Kier alpha value is -0.120. The fraction of sp³-hybridized carbons (Fsp3) is 1.00. The molecule has 0 saturated heterocycles. The highest BCUT2D eigenvalue weighted by Gasteiger charge is 2.37. The highest BCUT2D eigenvalue weighted by Crippen LogP contribution is 2.37. The lowest BCUT2D eigenvalue weighted by atomic mass is 9.72. The Morgan fingerprint density at radius 3 is 2.33 bits per heavy atom. The largest absolute Gasteiger partial charge is 0.312 e. The summed E-state index contributed by atoms with van der Waals surface area (Å²) < 4.78 is 0. The quantitative estimate of drug-likeness (QED) is 0.705. The van der Waals surface area contributed by atoms with Crippen LogP contribution in [-0.4, -0.2) is 62.2 Å². The van der Waals surface area contributed by atoms with E-state index >= 15 is 0 Å². The lowest BCUT2D eigenvalue weighted by Crippen LogP contribution is -2.56. The maximum absolute atomic E-state index is 3.83. The first-order valence-electron chi connectivity index (χ1n) is 9.01. The summed E-state index contributed by atoms with van der Waals surface area (Å²) in [7, 11) is 4.36. The summed E-state index contributed by atoms with van der Waals surface area (Å²) in [5.74, 6) is 0. The molecule has 0 aromatic rings. The van der Waals surface area contributed by atoms with Crippen LogP contribution < -0.4 is 5.32 Å². The Bertz CT molecular complexity index is 276. The van der Waals surface area contributed by atoms with E-state index in [-0.39, 0.29) is 0 Å². The molecule has 1 N–H and O–H groups in total. The van der Waals surface area contributed by atoms with Crippen molar-refractivity contribution in [2.45, 2.75) is 71.9 Å². The average molecular weight is 298 g/mol. The van der Waals surface area contributed by atoms with Gasteiger partial charge in [0.2, 0.25) is 0 Å². The van der Waals surface area contributed by atoms with Crippen molar-refractivity contribution < 1.29 is 0 Å². The number of hydrogen-bond donors (Lipinski definition) is 1. The van der Waals surface area contributed by atoms with Gasteiger partial charge in [-0.15, -0.1) is 0 Å². The molecule has 3 heteroatoms. The summed E-state index contributed by atoms with van der Waals surface area (Å²) in [5.41, 5.74) is 0.499. The van der Waals surface area contributed by atoms with Gasteiger partial charge in [-0.3, -0.25) is 4.90 Å². The van der Waals surface area contributed by atoms with Gasteiger partial charge in [-0.2, -0.15) is 0 Å². The van der Waals surface area contributed by atoms with Gasteiger partial charge in [0, 0.05) is 25.2 Å². The van der Waals surface area contributed by atoms with Crippen molar-refractivity contribution in [2.24, 2.45) is 5.41 Å². The van der Waals surface area contributed by atoms with Gasteiger partial charge in [0.05, 0.1) is 0 Å². The zero-order valence-electron chi connectivity index (χ0n) is 15.4. The molecule has 2 atom stereocenters. The van der Waals surface area contributed by atoms with Gasteiger partial charge in [-0.1, -0.05) is 27.7 Å². The van der Waals surface area contributed by atoms with Crippen LogP contribution in [0.3, 0.4) is 0 Å². The molecule has 0 aromatic carbocycles. The van der Waals surface area contributed by atoms with Gasteiger partial charge in [-0.05, 0) is 64.7 Å². The van der Waals surface area contributed by atoms with E-state index in [1.165, 1.54) is 45.2 Å². The minimum Gasteiger partial charge on any atom is -0.312 e. The van der Waals surface area contributed by atoms with Gasteiger partial charge in [0.1, 0.15) is 0 Å². The molecule has 21 heavy (non-hydrogen) atoms. The summed E-state index contributed by atoms with van der Waals surface area (Å²) >= 11 is 0. The van der Waals surface area contributed by atoms with Gasteiger partial charge in [-0.25, -0.2) is 0 Å². The highest BCUT2D eigenvalue weighted by atomic mass is 15.2. The third kappa shape index (κ3) is 6.66. The standard InChI is InChI=1S/C18H39N3/c1-7-11-19-16-9-10-18(3,4)15-17(16)21(12-8-2)14-13-20(5)6/h16-17,19H,7-15H2,1-6H3. The van der Waals surface area contributed by atoms with Gasteiger partial charge in [0.15, 0.2) is 0 Å². The summed E-state index contributed by atoms with van der Waals surface area (Å²) in [4.78, 5) is 5.07. The second-order valence-electron chi connectivity index (χ2n) is 7.87. The lowest BCUT2D eigenvalue weighted by molar-refractivity contribution is 0.0604. The molecule has 1 aliphatic carbocycles. The number of rotatable bonds is 9. The van der Waals surface area contributed by atoms with Crippen molar-refractivity contribution in [3.8, 4) is 0 Å². The molecule has 0 aliphatic heterocycles. The smallest absolute Gasteiger partial charge is 0.0254 e. The zero-order chi connectivity index (χ0) is 15.9. The normalized spacial score (nSPS) is 25.7. The van der Waals surface area contributed by atoms with E-state index in [1.807, 2.05) is 0 Å². The first-order valence-corrected chi connectivity index (χ1v) is 9.01. The van der Waals surface area contributed by atoms with Crippen LogP contribution in [0, 0.1) is 5.41 Å². The van der Waals surface area contributed by atoms with E-state index in [0.717, 1.165) is 13.1 Å². The molecule has 3 nitrogen and oxygen atoms in total. The Kier molecular flexibility index (Phi) is 8.22. The fourth-order valence-electron chi connectivity index (χ4n) is 3.56. The highest BCUT2D eigenvalue weighted by molar-refractivity contribution is 4.94. The van der Waals surface area contributed by atoms with E-state index in [9.17, 15) is 0 Å². The minimum absolute atomic E-state index is 0.499. The molecule has 0 aromatic heterocycles. The molecule has 126 valence electrons. The maximum atomic E-state index is 3.83. The lowest BCUT2D eigenvalue weighted by Gasteiger charge is -2.46. The van der Waals surface area contributed by atoms with Crippen LogP contribution >= 0.6 is 0 Å². The predicted molar refractivity (Wildman–Crippen MR) is 93.9 cm³/mol. The Morgan fingerprint density at radius 1 is 1.05 bits per heavy atom. The van der Waals surface area contributed by atoms with E-state index in [4.69, 9.17) is 0 Å². The van der Waals surface area contributed by atoms with E-state index in [2.05, 4.69) is 56.9 Å². The predicted octanol–water partition coefficient (Wildman–Crippen LogP) is 3.21. The van der Waals surface area contributed by atoms with Gasteiger partial charge < -0.3 is 10.2 Å². The monoisotopic (exact) mass is 297 g/mol. The SMILES string of the molecule is CCCNC1CCC(C)(C)CC1N(CCC)CCN(C)C. The molecule has 1 saturated carbocycles. The maximum Gasteiger partial charge on any atom is 0.0254 e. The van der Waals surface area contributed by atoms with Crippen molar-refractivity contribution in [1.82, 2.24) is 15.1 Å². The Labute approximate surface area is 133 Å².